The van der Waals surface area contributed by atoms with Gasteiger partial charge in [-0.05, 0) is 43.4 Å². The fraction of sp³-hybridized carbons (Fsp3) is 0.632. The maximum absolute atomic E-state index is 6.33. The third kappa shape index (κ3) is 6.25. The minimum absolute atomic E-state index is 0.536. The highest BCUT2D eigenvalue weighted by atomic mass is 35.5. The molecule has 0 spiro atoms. The van der Waals surface area contributed by atoms with Crippen molar-refractivity contribution in [3.63, 3.8) is 0 Å². The number of hydrogen-bond donors (Lipinski definition) is 1. The summed E-state index contributed by atoms with van der Waals surface area (Å²) in [5, 5.41) is 3.88. The zero-order chi connectivity index (χ0) is 18.9. The first-order chi connectivity index (χ1) is 12.6. The number of rotatable bonds is 10. The lowest BCUT2D eigenvalue weighted by Gasteiger charge is -2.22. The van der Waals surface area contributed by atoms with Crippen molar-refractivity contribution in [1.29, 1.82) is 0 Å². The van der Waals surface area contributed by atoms with E-state index < -0.39 is 0 Å². The van der Waals surface area contributed by atoms with E-state index in [-0.39, 0.29) is 0 Å². The van der Waals surface area contributed by atoms with Crippen LogP contribution in [0.3, 0.4) is 0 Å². The van der Waals surface area contributed by atoms with E-state index >= 15 is 0 Å². The van der Waals surface area contributed by atoms with Crippen LogP contribution in [0.4, 0.5) is 0 Å². The molecular weight excluding hydrogens is 354 g/mol. The molecule has 26 heavy (non-hydrogen) atoms. The van der Waals surface area contributed by atoms with E-state index in [4.69, 9.17) is 25.8 Å². The van der Waals surface area contributed by atoms with Gasteiger partial charge < -0.3 is 24.4 Å². The maximum Gasteiger partial charge on any atom is 0.193 e. The Balaban J connectivity index is 1.87. The van der Waals surface area contributed by atoms with Gasteiger partial charge >= 0.3 is 0 Å². The van der Waals surface area contributed by atoms with Gasteiger partial charge in [-0.1, -0.05) is 11.6 Å². The molecular formula is C19H30ClN3O3. The Hall–Kier alpha value is -1.66. The van der Waals surface area contributed by atoms with Crippen molar-refractivity contribution in [2.75, 3.05) is 47.6 Å². The van der Waals surface area contributed by atoms with Crippen molar-refractivity contribution in [3.8, 4) is 11.5 Å². The molecule has 0 bridgehead atoms. The highest BCUT2D eigenvalue weighted by Gasteiger charge is 2.21. The molecule has 2 rings (SSSR count). The Kier molecular flexibility index (Phi) is 8.32. The quantitative estimate of drug-likeness (QED) is 0.382. The second-order valence-corrected chi connectivity index (χ2v) is 6.79. The first-order valence-corrected chi connectivity index (χ1v) is 9.45. The molecule has 0 atom stereocenters. The van der Waals surface area contributed by atoms with E-state index in [1.807, 2.05) is 26.1 Å². The van der Waals surface area contributed by atoms with Crippen molar-refractivity contribution in [2.24, 2.45) is 10.9 Å². The topological polar surface area (TPSA) is 55.3 Å². The van der Waals surface area contributed by atoms with E-state index in [0.717, 1.165) is 30.6 Å². The number of likely N-dealkylation sites (N-methyl/N-ethyl adjacent to an activating group) is 1. The molecule has 0 aromatic heterocycles. The molecule has 0 unspecified atom stereocenters. The molecule has 6 nitrogen and oxygen atoms in total. The summed E-state index contributed by atoms with van der Waals surface area (Å²) in [6.07, 6.45) is 2.63. The first kappa shape index (κ1) is 20.6. The number of nitrogens with one attached hydrogen (secondary N) is 1. The predicted octanol–water partition coefficient (Wildman–Crippen LogP) is 3.18. The SMILES string of the molecule is CCOc1c(Cl)cc(CNC(=NC)N(C)CCOCC2CC2)cc1OC. The first-order valence-electron chi connectivity index (χ1n) is 9.07. The van der Waals surface area contributed by atoms with Gasteiger partial charge in [0, 0.05) is 33.8 Å². The third-order valence-electron chi connectivity index (χ3n) is 4.22. The monoisotopic (exact) mass is 383 g/mol. The molecule has 0 amide bonds. The number of benzene rings is 1. The van der Waals surface area contributed by atoms with Crippen LogP contribution < -0.4 is 14.8 Å². The molecule has 1 aliphatic rings. The fourth-order valence-electron chi connectivity index (χ4n) is 2.57. The number of halogens is 1. The molecule has 1 fully saturated rings. The minimum Gasteiger partial charge on any atom is -0.493 e. The van der Waals surface area contributed by atoms with E-state index in [2.05, 4.69) is 15.2 Å². The molecule has 0 radical (unpaired) electrons. The van der Waals surface area contributed by atoms with Crippen LogP contribution in [0.5, 0.6) is 11.5 Å². The average Bonchev–Trinajstić information content (AvgIpc) is 3.45. The summed E-state index contributed by atoms with van der Waals surface area (Å²) in [4.78, 5) is 6.38. The molecule has 0 aliphatic heterocycles. The number of hydrogen-bond acceptors (Lipinski definition) is 4. The molecule has 1 saturated carbocycles. The third-order valence-corrected chi connectivity index (χ3v) is 4.50. The Labute approximate surface area is 161 Å². The molecule has 146 valence electrons. The van der Waals surface area contributed by atoms with Gasteiger partial charge in [-0.25, -0.2) is 0 Å². The van der Waals surface area contributed by atoms with E-state index in [1.54, 1.807) is 14.2 Å². The smallest absolute Gasteiger partial charge is 0.193 e. The molecule has 1 aromatic rings. The summed E-state index contributed by atoms with van der Waals surface area (Å²) in [5.41, 5.74) is 0.995. The van der Waals surface area contributed by atoms with Crippen molar-refractivity contribution in [1.82, 2.24) is 10.2 Å². The summed E-state index contributed by atoms with van der Waals surface area (Å²) >= 11 is 6.33. The summed E-state index contributed by atoms with van der Waals surface area (Å²) in [6, 6.07) is 3.81. The highest BCUT2D eigenvalue weighted by Crippen LogP contribution is 2.36. The molecule has 1 aliphatic carbocycles. The Morgan fingerprint density at radius 1 is 1.38 bits per heavy atom. The van der Waals surface area contributed by atoms with Gasteiger partial charge in [0.2, 0.25) is 0 Å². The lowest BCUT2D eigenvalue weighted by atomic mass is 10.2. The van der Waals surface area contributed by atoms with Gasteiger partial charge in [0.1, 0.15) is 0 Å². The zero-order valence-electron chi connectivity index (χ0n) is 16.2. The number of aliphatic imine (C=N–C) groups is 1. The summed E-state index contributed by atoms with van der Waals surface area (Å²) in [7, 11) is 5.39. The number of methoxy groups -OCH3 is 1. The number of nitrogens with zero attached hydrogens (tertiary/aromatic N) is 2. The van der Waals surface area contributed by atoms with Crippen molar-refractivity contribution < 1.29 is 14.2 Å². The lowest BCUT2D eigenvalue weighted by Crippen LogP contribution is -2.40. The largest absolute Gasteiger partial charge is 0.493 e. The second kappa shape index (κ2) is 10.5. The van der Waals surface area contributed by atoms with Gasteiger partial charge in [-0.2, -0.15) is 0 Å². The maximum atomic E-state index is 6.33. The zero-order valence-corrected chi connectivity index (χ0v) is 16.9. The van der Waals surface area contributed by atoms with Crippen molar-refractivity contribution in [2.45, 2.75) is 26.3 Å². The molecule has 1 N–H and O–H groups in total. The normalized spacial score (nSPS) is 14.3. The van der Waals surface area contributed by atoms with Crippen LogP contribution in [0.1, 0.15) is 25.3 Å². The highest BCUT2D eigenvalue weighted by molar-refractivity contribution is 6.32. The molecule has 1 aromatic carbocycles. The van der Waals surface area contributed by atoms with Crippen molar-refractivity contribution >= 4 is 17.6 Å². The average molecular weight is 384 g/mol. The van der Waals surface area contributed by atoms with Crippen LogP contribution in [0.15, 0.2) is 17.1 Å². The van der Waals surface area contributed by atoms with Crippen LogP contribution in [0.25, 0.3) is 0 Å². The van der Waals surface area contributed by atoms with E-state index in [1.165, 1.54) is 12.8 Å². The lowest BCUT2D eigenvalue weighted by molar-refractivity contribution is 0.115. The molecule has 7 heteroatoms. The minimum atomic E-state index is 0.536. The van der Waals surface area contributed by atoms with Gasteiger partial charge in [0.15, 0.2) is 17.5 Å². The van der Waals surface area contributed by atoms with Gasteiger partial charge in [-0.15, -0.1) is 0 Å². The van der Waals surface area contributed by atoms with Crippen LogP contribution in [0, 0.1) is 5.92 Å². The van der Waals surface area contributed by atoms with Crippen LogP contribution in [-0.2, 0) is 11.3 Å². The second-order valence-electron chi connectivity index (χ2n) is 6.38. The summed E-state index contributed by atoms with van der Waals surface area (Å²) in [5.74, 6) is 2.81. The van der Waals surface area contributed by atoms with Gasteiger partial charge in [-0.3, -0.25) is 4.99 Å². The van der Waals surface area contributed by atoms with E-state index in [0.29, 0.717) is 36.3 Å². The standard InChI is InChI=1S/C19H30ClN3O3/c1-5-26-18-16(20)10-15(11-17(18)24-4)12-22-19(21-2)23(3)8-9-25-13-14-6-7-14/h10-11,14H,5-9,12-13H2,1-4H3,(H,21,22). The Bertz CT molecular complexity index is 606. The van der Waals surface area contributed by atoms with Crippen molar-refractivity contribution in [3.05, 3.63) is 22.7 Å². The molecule has 0 heterocycles. The van der Waals surface area contributed by atoms with Gasteiger partial charge in [0.05, 0.1) is 25.3 Å². The summed E-state index contributed by atoms with van der Waals surface area (Å²) in [6.45, 7) is 5.41. The number of guanidine groups is 1. The van der Waals surface area contributed by atoms with E-state index in [9.17, 15) is 0 Å². The van der Waals surface area contributed by atoms with Crippen LogP contribution in [-0.4, -0.2) is 58.4 Å². The van der Waals surface area contributed by atoms with Crippen LogP contribution >= 0.6 is 11.6 Å². The van der Waals surface area contributed by atoms with Crippen LogP contribution in [0.2, 0.25) is 5.02 Å². The molecule has 0 saturated heterocycles. The fourth-order valence-corrected chi connectivity index (χ4v) is 2.86. The predicted molar refractivity (Wildman–Crippen MR) is 106 cm³/mol. The van der Waals surface area contributed by atoms with Gasteiger partial charge in [0.25, 0.3) is 0 Å². The number of ether oxygens (including phenoxy) is 3. The summed E-state index contributed by atoms with van der Waals surface area (Å²) < 4.78 is 16.6. The Morgan fingerprint density at radius 2 is 2.15 bits per heavy atom. The Morgan fingerprint density at radius 3 is 2.77 bits per heavy atom.